The Balaban J connectivity index is 0.968. The summed E-state index contributed by atoms with van der Waals surface area (Å²) in [5.74, 6) is 0. The van der Waals surface area contributed by atoms with Gasteiger partial charge < -0.3 is 4.57 Å². The largest absolute Gasteiger partial charge is 0.340 e. The number of unbranched alkanes of at least 4 members (excludes halogenated alkanes) is 7. The maximum Gasteiger partial charge on any atom is 0.169 e. The lowest BCUT2D eigenvalue weighted by Crippen LogP contribution is -2.32. The lowest BCUT2D eigenvalue weighted by Gasteiger charge is -2.07. The van der Waals surface area contributed by atoms with Gasteiger partial charge in [0.1, 0.15) is 13.6 Å². The zero-order valence-electron chi connectivity index (χ0n) is 21.7. The first-order chi connectivity index (χ1) is 17.8. The first-order valence-electron chi connectivity index (χ1n) is 13.7. The predicted molar refractivity (Wildman–Crippen MR) is 150 cm³/mol. The molecule has 2 aromatic carbocycles. The molecule has 3 heteroatoms. The second kappa shape index (κ2) is 12.0. The van der Waals surface area contributed by atoms with Crippen molar-refractivity contribution in [3.05, 3.63) is 97.6 Å². The van der Waals surface area contributed by atoms with Crippen LogP contribution in [0.1, 0.15) is 51.4 Å². The van der Waals surface area contributed by atoms with E-state index >= 15 is 0 Å². The van der Waals surface area contributed by atoms with Gasteiger partial charge in [-0.15, -0.1) is 0 Å². The summed E-state index contributed by atoms with van der Waals surface area (Å²) < 4.78 is 6.91. The third kappa shape index (κ3) is 5.84. The molecule has 0 aliphatic carbocycles. The van der Waals surface area contributed by atoms with E-state index < -0.39 is 0 Å². The number of aryl methyl sites for hydroxylation is 3. The van der Waals surface area contributed by atoms with Crippen molar-refractivity contribution in [2.75, 3.05) is 0 Å². The minimum atomic E-state index is 1.11. The van der Waals surface area contributed by atoms with Crippen molar-refractivity contribution in [1.82, 2.24) is 4.57 Å². The highest BCUT2D eigenvalue weighted by Crippen LogP contribution is 2.29. The SMILES string of the molecule is C[n+]1ccc(-c2cc[n+](CCCCCCCCCCn3c4ccccc4c4ccccc43)cc2)cc1. The monoisotopic (exact) mass is 477 g/mol. The van der Waals surface area contributed by atoms with E-state index in [2.05, 4.69) is 118 Å². The van der Waals surface area contributed by atoms with Crippen LogP contribution in [0.2, 0.25) is 0 Å². The van der Waals surface area contributed by atoms with Crippen LogP contribution in [-0.4, -0.2) is 4.57 Å². The van der Waals surface area contributed by atoms with E-state index in [4.69, 9.17) is 0 Å². The molecule has 36 heavy (non-hydrogen) atoms. The Hall–Kier alpha value is -3.46. The van der Waals surface area contributed by atoms with E-state index in [-0.39, 0.29) is 0 Å². The molecule has 5 rings (SSSR count). The van der Waals surface area contributed by atoms with Gasteiger partial charge in [-0.3, -0.25) is 0 Å². The van der Waals surface area contributed by atoms with Gasteiger partial charge in [0.25, 0.3) is 0 Å². The molecule has 0 N–H and O–H groups in total. The summed E-state index contributed by atoms with van der Waals surface area (Å²) in [6.07, 6.45) is 19.2. The number of benzene rings is 2. The summed E-state index contributed by atoms with van der Waals surface area (Å²) in [7, 11) is 2.05. The third-order valence-electron chi connectivity index (χ3n) is 7.43. The van der Waals surface area contributed by atoms with Crippen LogP contribution in [-0.2, 0) is 20.1 Å². The van der Waals surface area contributed by atoms with Crippen molar-refractivity contribution in [1.29, 1.82) is 0 Å². The normalized spacial score (nSPS) is 11.5. The zero-order chi connectivity index (χ0) is 24.6. The van der Waals surface area contributed by atoms with Crippen LogP contribution in [0.25, 0.3) is 32.9 Å². The highest BCUT2D eigenvalue weighted by Gasteiger charge is 2.09. The summed E-state index contributed by atoms with van der Waals surface area (Å²) in [5, 5.41) is 2.76. The van der Waals surface area contributed by atoms with E-state index in [1.54, 1.807) is 0 Å². The fraction of sp³-hybridized carbons (Fsp3) is 0.333. The molecule has 0 radical (unpaired) electrons. The van der Waals surface area contributed by atoms with Crippen LogP contribution in [0.5, 0.6) is 0 Å². The van der Waals surface area contributed by atoms with Crippen LogP contribution in [0.15, 0.2) is 97.6 Å². The Kier molecular flexibility index (Phi) is 8.07. The Labute approximate surface area is 215 Å². The van der Waals surface area contributed by atoms with Gasteiger partial charge in [-0.2, -0.15) is 0 Å². The van der Waals surface area contributed by atoms with Gasteiger partial charge in [0.15, 0.2) is 24.8 Å². The topological polar surface area (TPSA) is 12.7 Å². The Morgan fingerprint density at radius 2 is 1.00 bits per heavy atom. The fourth-order valence-corrected chi connectivity index (χ4v) is 5.36. The van der Waals surface area contributed by atoms with E-state index in [9.17, 15) is 0 Å². The molecule has 184 valence electrons. The van der Waals surface area contributed by atoms with Crippen molar-refractivity contribution in [2.45, 2.75) is 64.5 Å². The van der Waals surface area contributed by atoms with Gasteiger partial charge in [-0.05, 0) is 36.1 Å². The maximum atomic E-state index is 2.52. The van der Waals surface area contributed by atoms with E-state index in [0.29, 0.717) is 0 Å². The molecule has 0 aliphatic heterocycles. The van der Waals surface area contributed by atoms with Crippen molar-refractivity contribution < 1.29 is 9.13 Å². The molecular weight excluding hydrogens is 438 g/mol. The quantitative estimate of drug-likeness (QED) is 0.131. The van der Waals surface area contributed by atoms with Crippen LogP contribution >= 0.6 is 0 Å². The number of pyridine rings is 2. The molecule has 0 fully saturated rings. The Morgan fingerprint density at radius 1 is 0.528 bits per heavy atom. The average Bonchev–Trinajstić information content (AvgIpc) is 3.24. The van der Waals surface area contributed by atoms with Gasteiger partial charge in [0.05, 0.1) is 0 Å². The second-order valence-electron chi connectivity index (χ2n) is 10.1. The highest BCUT2D eigenvalue weighted by atomic mass is 15.0. The van der Waals surface area contributed by atoms with Gasteiger partial charge in [0.2, 0.25) is 0 Å². The molecule has 0 bridgehead atoms. The molecule has 3 heterocycles. The molecule has 3 aromatic heterocycles. The smallest absolute Gasteiger partial charge is 0.169 e. The van der Waals surface area contributed by atoms with Gasteiger partial charge in [-0.25, -0.2) is 9.13 Å². The van der Waals surface area contributed by atoms with Crippen LogP contribution in [0.3, 0.4) is 0 Å². The number of hydrogen-bond donors (Lipinski definition) is 0. The molecule has 5 aromatic rings. The summed E-state index contributed by atoms with van der Waals surface area (Å²) in [5.41, 5.74) is 5.31. The van der Waals surface area contributed by atoms with E-state index in [0.717, 1.165) is 13.1 Å². The van der Waals surface area contributed by atoms with Crippen molar-refractivity contribution in [3.8, 4) is 11.1 Å². The standard InChI is InChI=1S/C33H39N3/c1-34-24-18-28(19-25-34)29-20-26-35(27-21-29)22-12-6-4-2-3-5-7-13-23-36-32-16-10-8-14-30(32)31-15-9-11-17-33(31)36/h8-11,14-21,24-27H,2-7,12-13,22-23H2,1H3/q+2. The van der Waals surface area contributed by atoms with Crippen LogP contribution in [0.4, 0.5) is 0 Å². The average molecular weight is 478 g/mol. The molecule has 3 nitrogen and oxygen atoms in total. The molecule has 0 saturated heterocycles. The van der Waals surface area contributed by atoms with Crippen LogP contribution < -0.4 is 9.13 Å². The molecule has 0 atom stereocenters. The number of nitrogens with zero attached hydrogens (tertiary/aromatic N) is 3. The summed E-state index contributed by atoms with van der Waals surface area (Å²) >= 11 is 0. The summed E-state index contributed by atoms with van der Waals surface area (Å²) in [6, 6.07) is 26.5. The number of fused-ring (bicyclic) bond motifs is 3. The summed E-state index contributed by atoms with van der Waals surface area (Å²) in [6.45, 7) is 2.23. The van der Waals surface area contributed by atoms with Gasteiger partial charge in [0, 0.05) is 59.0 Å². The molecule has 0 saturated carbocycles. The molecular formula is C33H39N3+2. The summed E-state index contributed by atoms with van der Waals surface area (Å²) in [4.78, 5) is 0. The number of rotatable bonds is 12. The zero-order valence-corrected chi connectivity index (χ0v) is 21.7. The van der Waals surface area contributed by atoms with Crippen molar-refractivity contribution in [3.63, 3.8) is 0 Å². The highest BCUT2D eigenvalue weighted by molar-refractivity contribution is 6.07. The fourth-order valence-electron chi connectivity index (χ4n) is 5.36. The maximum absolute atomic E-state index is 2.52. The van der Waals surface area contributed by atoms with E-state index in [1.165, 1.54) is 84.3 Å². The number of hydrogen-bond acceptors (Lipinski definition) is 0. The first kappa shape index (κ1) is 24.2. The first-order valence-corrected chi connectivity index (χ1v) is 13.7. The lowest BCUT2D eigenvalue weighted by molar-refractivity contribution is -0.697. The Bertz CT molecular complexity index is 1330. The predicted octanol–water partition coefficient (Wildman–Crippen LogP) is 7.39. The molecule has 0 amide bonds. The number of aromatic nitrogens is 3. The van der Waals surface area contributed by atoms with Crippen LogP contribution in [0, 0.1) is 0 Å². The van der Waals surface area contributed by atoms with E-state index in [1.807, 2.05) is 0 Å². The third-order valence-corrected chi connectivity index (χ3v) is 7.43. The molecule has 0 aliphatic rings. The van der Waals surface area contributed by atoms with Gasteiger partial charge in [-0.1, -0.05) is 68.5 Å². The lowest BCUT2D eigenvalue weighted by atomic mass is 10.1. The Morgan fingerprint density at radius 3 is 1.58 bits per heavy atom. The van der Waals surface area contributed by atoms with Gasteiger partial charge >= 0.3 is 0 Å². The second-order valence-corrected chi connectivity index (χ2v) is 10.1. The van der Waals surface area contributed by atoms with Crippen molar-refractivity contribution >= 4 is 21.8 Å². The number of para-hydroxylation sites is 2. The minimum absolute atomic E-state index is 1.11. The minimum Gasteiger partial charge on any atom is -0.340 e. The van der Waals surface area contributed by atoms with Crippen molar-refractivity contribution in [2.24, 2.45) is 7.05 Å². The molecule has 0 unspecified atom stereocenters. The molecule has 0 spiro atoms.